The first-order chi connectivity index (χ1) is 15.5. The molecule has 0 aliphatic carbocycles. The molecule has 13 heteroatoms. The number of carboxylic acids is 1. The number of nitrogens with one attached hydrogen (secondary N) is 1. The van der Waals surface area contributed by atoms with Crippen molar-refractivity contribution in [2.75, 3.05) is 5.75 Å². The standard InChI is InChI=1S/C20H23F3N2O7S/c1-2-33-10-5-3-4-9(8-10)6-7-11-16(20(21,22)23)24-25-17(11)32-19-14(28)12(26)13(27)15(31-19)18(29)30/h3-5,8,12-15,19,26-28H,2,6-7H2,1H3,(H,24,25)(H,29,30)/t12-,13-,14+,15-,19?/m0/s1. The number of aromatic nitrogens is 2. The Morgan fingerprint density at radius 1 is 1.21 bits per heavy atom. The molecule has 0 saturated carbocycles. The van der Waals surface area contributed by atoms with Gasteiger partial charge in [0.05, 0.1) is 0 Å². The van der Waals surface area contributed by atoms with E-state index in [1.165, 1.54) is 0 Å². The summed E-state index contributed by atoms with van der Waals surface area (Å²) in [5.74, 6) is -1.37. The summed E-state index contributed by atoms with van der Waals surface area (Å²) in [6.07, 6.45) is -14.4. The van der Waals surface area contributed by atoms with Crippen molar-refractivity contribution in [3.05, 3.63) is 41.1 Å². The van der Waals surface area contributed by atoms with E-state index in [0.717, 1.165) is 16.2 Å². The summed E-state index contributed by atoms with van der Waals surface area (Å²) < 4.78 is 50.8. The zero-order valence-electron chi connectivity index (χ0n) is 17.3. The number of benzene rings is 1. The molecule has 0 radical (unpaired) electrons. The number of aromatic amines is 1. The zero-order valence-corrected chi connectivity index (χ0v) is 18.1. The van der Waals surface area contributed by atoms with Crippen LogP contribution in [0.5, 0.6) is 5.88 Å². The minimum Gasteiger partial charge on any atom is -0.479 e. The number of alkyl halides is 3. The quantitative estimate of drug-likeness (QED) is 0.347. The average Bonchev–Trinajstić information content (AvgIpc) is 3.16. The van der Waals surface area contributed by atoms with E-state index in [0.29, 0.717) is 0 Å². The van der Waals surface area contributed by atoms with E-state index in [1.54, 1.807) is 23.9 Å². The van der Waals surface area contributed by atoms with Crippen LogP contribution in [0.2, 0.25) is 0 Å². The van der Waals surface area contributed by atoms with Crippen molar-refractivity contribution in [2.45, 2.75) is 61.5 Å². The largest absolute Gasteiger partial charge is 0.479 e. The summed E-state index contributed by atoms with van der Waals surface area (Å²) in [7, 11) is 0. The van der Waals surface area contributed by atoms with E-state index in [-0.39, 0.29) is 18.4 Å². The Hall–Kier alpha value is -2.32. The Balaban J connectivity index is 1.85. The second kappa shape index (κ2) is 10.3. The highest BCUT2D eigenvalue weighted by atomic mass is 32.2. The van der Waals surface area contributed by atoms with E-state index < -0.39 is 54.4 Å². The molecular weight excluding hydrogens is 469 g/mol. The van der Waals surface area contributed by atoms with Gasteiger partial charge in [0.15, 0.2) is 6.10 Å². The van der Waals surface area contributed by atoms with Gasteiger partial charge in [-0.25, -0.2) is 4.79 Å². The molecule has 3 rings (SSSR count). The van der Waals surface area contributed by atoms with Gasteiger partial charge in [0, 0.05) is 10.5 Å². The van der Waals surface area contributed by atoms with E-state index in [2.05, 4.69) is 5.10 Å². The number of thioether (sulfide) groups is 1. The number of rotatable bonds is 8. The molecule has 2 heterocycles. The second-order valence-electron chi connectivity index (χ2n) is 7.31. The van der Waals surface area contributed by atoms with Gasteiger partial charge in [-0.1, -0.05) is 19.1 Å². The number of aliphatic hydroxyl groups is 3. The van der Waals surface area contributed by atoms with Crippen molar-refractivity contribution >= 4 is 17.7 Å². The summed E-state index contributed by atoms with van der Waals surface area (Å²) in [4.78, 5) is 12.2. The number of aliphatic carboxylic acids is 1. The molecule has 1 saturated heterocycles. The zero-order chi connectivity index (χ0) is 24.3. The van der Waals surface area contributed by atoms with Gasteiger partial charge in [-0.2, -0.15) is 13.2 Å². The fourth-order valence-corrected chi connectivity index (χ4v) is 4.14. The lowest BCUT2D eigenvalue weighted by Gasteiger charge is -2.38. The molecule has 5 N–H and O–H groups in total. The monoisotopic (exact) mass is 492 g/mol. The van der Waals surface area contributed by atoms with Crippen molar-refractivity contribution in [1.29, 1.82) is 0 Å². The SMILES string of the molecule is CCSc1cccc(CCc2c(OC3O[C@H](C(=O)O)[C@@H](O)[C@H](O)[C@H]3O)n[nH]c2C(F)(F)F)c1. The van der Waals surface area contributed by atoms with Gasteiger partial charge in [0.1, 0.15) is 24.0 Å². The Kier molecular flexibility index (Phi) is 7.90. The lowest BCUT2D eigenvalue weighted by atomic mass is 9.99. The molecule has 5 atom stereocenters. The number of nitrogens with zero attached hydrogens (tertiary/aromatic N) is 1. The fourth-order valence-electron chi connectivity index (χ4n) is 3.40. The molecule has 2 aromatic rings. The van der Waals surface area contributed by atoms with Gasteiger partial charge < -0.3 is 29.9 Å². The Labute approximate surface area is 190 Å². The number of aryl methyl sites for hydroxylation is 1. The molecule has 1 aromatic heterocycles. The molecule has 1 aromatic carbocycles. The lowest BCUT2D eigenvalue weighted by Crippen LogP contribution is -2.61. The molecule has 33 heavy (non-hydrogen) atoms. The Morgan fingerprint density at radius 2 is 1.94 bits per heavy atom. The van der Waals surface area contributed by atoms with Crippen LogP contribution in [-0.2, 0) is 28.5 Å². The molecule has 9 nitrogen and oxygen atoms in total. The molecule has 0 amide bonds. The first-order valence-corrected chi connectivity index (χ1v) is 11.0. The Bertz CT molecular complexity index is 971. The van der Waals surface area contributed by atoms with Crippen LogP contribution in [-0.4, -0.2) is 73.1 Å². The van der Waals surface area contributed by atoms with Gasteiger partial charge >= 0.3 is 12.1 Å². The molecule has 182 valence electrons. The summed E-state index contributed by atoms with van der Waals surface area (Å²) in [5, 5.41) is 44.3. The summed E-state index contributed by atoms with van der Waals surface area (Å²) in [6.45, 7) is 1.98. The topological polar surface area (TPSA) is 145 Å². The van der Waals surface area contributed by atoms with E-state index in [4.69, 9.17) is 14.6 Å². The van der Waals surface area contributed by atoms with E-state index in [1.807, 2.05) is 24.2 Å². The van der Waals surface area contributed by atoms with Gasteiger partial charge in [0.25, 0.3) is 0 Å². The minimum atomic E-state index is -4.78. The summed E-state index contributed by atoms with van der Waals surface area (Å²) >= 11 is 1.59. The van der Waals surface area contributed by atoms with Crippen molar-refractivity contribution < 1.29 is 47.9 Å². The third-order valence-corrected chi connectivity index (χ3v) is 5.90. The Morgan fingerprint density at radius 3 is 2.58 bits per heavy atom. The molecule has 0 spiro atoms. The number of hydrogen-bond donors (Lipinski definition) is 5. The van der Waals surface area contributed by atoms with Crippen molar-refractivity contribution in [2.24, 2.45) is 0 Å². The number of ether oxygens (including phenoxy) is 2. The van der Waals surface area contributed by atoms with Gasteiger partial charge in [-0.15, -0.1) is 16.9 Å². The minimum absolute atomic E-state index is 0.142. The second-order valence-corrected chi connectivity index (χ2v) is 8.65. The van der Waals surface area contributed by atoms with Crippen LogP contribution in [0.15, 0.2) is 29.2 Å². The van der Waals surface area contributed by atoms with Gasteiger partial charge in [0.2, 0.25) is 12.2 Å². The van der Waals surface area contributed by atoms with Gasteiger partial charge in [-0.3, -0.25) is 5.10 Å². The fraction of sp³-hybridized carbons (Fsp3) is 0.500. The molecule has 1 unspecified atom stereocenters. The number of aliphatic hydroxyl groups excluding tert-OH is 3. The number of halogens is 3. The van der Waals surface area contributed by atoms with Crippen LogP contribution in [0.3, 0.4) is 0 Å². The highest BCUT2D eigenvalue weighted by Gasteiger charge is 2.49. The number of hydrogen-bond acceptors (Lipinski definition) is 8. The van der Waals surface area contributed by atoms with Crippen molar-refractivity contribution in [3.63, 3.8) is 0 Å². The van der Waals surface area contributed by atoms with Crippen LogP contribution < -0.4 is 4.74 Å². The molecule has 0 bridgehead atoms. The third-order valence-electron chi connectivity index (χ3n) is 5.03. The molecular formula is C20H23F3N2O7S. The highest BCUT2D eigenvalue weighted by molar-refractivity contribution is 7.99. The molecule has 1 aliphatic heterocycles. The predicted octanol–water partition coefficient (Wildman–Crippen LogP) is 1.60. The maximum absolute atomic E-state index is 13.5. The van der Waals surface area contributed by atoms with Crippen molar-refractivity contribution in [3.8, 4) is 5.88 Å². The van der Waals surface area contributed by atoms with Crippen molar-refractivity contribution in [1.82, 2.24) is 10.2 Å². The lowest BCUT2D eigenvalue weighted by molar-refractivity contribution is -0.271. The first-order valence-electron chi connectivity index (χ1n) is 9.98. The number of H-pyrrole nitrogens is 1. The maximum atomic E-state index is 13.5. The number of carbonyl (C=O) groups is 1. The summed E-state index contributed by atoms with van der Waals surface area (Å²) in [6, 6.07) is 7.34. The van der Waals surface area contributed by atoms with Crippen LogP contribution >= 0.6 is 11.8 Å². The van der Waals surface area contributed by atoms with Crippen LogP contribution in [0.4, 0.5) is 13.2 Å². The van der Waals surface area contributed by atoms with Crippen LogP contribution in [0.25, 0.3) is 0 Å². The average molecular weight is 492 g/mol. The third kappa shape index (κ3) is 5.79. The summed E-state index contributed by atoms with van der Waals surface area (Å²) in [5.41, 5.74) is -0.719. The smallest absolute Gasteiger partial charge is 0.433 e. The van der Waals surface area contributed by atoms with Crippen LogP contribution in [0.1, 0.15) is 23.7 Å². The molecule has 1 aliphatic rings. The van der Waals surface area contributed by atoms with Crippen LogP contribution in [0, 0.1) is 0 Å². The maximum Gasteiger partial charge on any atom is 0.433 e. The normalized spacial score (nSPS) is 25.7. The predicted molar refractivity (Wildman–Crippen MR) is 109 cm³/mol. The number of carboxylic acid groups (broad SMARTS) is 1. The highest BCUT2D eigenvalue weighted by Crippen LogP contribution is 2.36. The van der Waals surface area contributed by atoms with Gasteiger partial charge in [-0.05, 0) is 36.3 Å². The molecule has 1 fully saturated rings. The van der Waals surface area contributed by atoms with E-state index >= 15 is 0 Å². The van der Waals surface area contributed by atoms with E-state index in [9.17, 15) is 33.3 Å². The first kappa shape index (κ1) is 25.3.